The third-order valence-corrected chi connectivity index (χ3v) is 6.24. The Bertz CT molecular complexity index is 286. The second-order valence-corrected chi connectivity index (χ2v) is 7.93. The molecule has 1 unspecified atom stereocenters. The number of ether oxygens (including phenoxy) is 2. The Hall–Kier alpha value is 0.210. The number of unbranched alkanes of at least 4 members (excludes halogenated alkanes) is 5. The van der Waals surface area contributed by atoms with Gasteiger partial charge >= 0.3 is 0 Å². The average molecular weight is 361 g/mol. The van der Waals surface area contributed by atoms with Crippen LogP contribution in [0.25, 0.3) is 0 Å². The monoisotopic (exact) mass is 360 g/mol. The summed E-state index contributed by atoms with van der Waals surface area (Å²) in [6.07, 6.45) is 17.9. The predicted octanol–water partition coefficient (Wildman–Crippen LogP) is 6.94. The van der Waals surface area contributed by atoms with E-state index in [1.165, 1.54) is 77.0 Å². The lowest BCUT2D eigenvalue weighted by atomic mass is 9.74. The molecule has 1 saturated carbocycles. The molecule has 1 aliphatic carbocycles. The Morgan fingerprint density at radius 1 is 0.875 bits per heavy atom. The fourth-order valence-electron chi connectivity index (χ4n) is 4.63. The van der Waals surface area contributed by atoms with Crippen molar-refractivity contribution in [3.05, 3.63) is 0 Å². The highest BCUT2D eigenvalue weighted by Gasteiger charge is 2.45. The van der Waals surface area contributed by atoms with E-state index in [0.717, 1.165) is 18.7 Å². The average Bonchev–Trinajstić information content (AvgIpc) is 2.64. The molecular formula is C21H41ClO2. The van der Waals surface area contributed by atoms with Crippen molar-refractivity contribution in [3.8, 4) is 0 Å². The first-order valence-electron chi connectivity index (χ1n) is 10.4. The van der Waals surface area contributed by atoms with E-state index in [1.54, 1.807) is 0 Å². The molecule has 0 amide bonds. The summed E-state index contributed by atoms with van der Waals surface area (Å²) in [5.41, 5.74) is 0. The second-order valence-electron chi connectivity index (χ2n) is 7.55. The van der Waals surface area contributed by atoms with Crippen LogP contribution in [0.15, 0.2) is 0 Å². The molecule has 0 heterocycles. The van der Waals surface area contributed by atoms with Crippen molar-refractivity contribution in [2.45, 2.75) is 103 Å². The van der Waals surface area contributed by atoms with E-state index in [4.69, 9.17) is 21.1 Å². The van der Waals surface area contributed by atoms with Crippen LogP contribution in [0.3, 0.4) is 0 Å². The molecule has 0 aromatic rings. The van der Waals surface area contributed by atoms with Gasteiger partial charge in [0.15, 0.2) is 5.79 Å². The molecule has 2 nitrogen and oxygen atoms in total. The van der Waals surface area contributed by atoms with Crippen LogP contribution in [0, 0.1) is 11.8 Å². The number of halogens is 1. The zero-order valence-electron chi connectivity index (χ0n) is 16.5. The second kappa shape index (κ2) is 13.4. The summed E-state index contributed by atoms with van der Waals surface area (Å²) in [5.74, 6) is 1.36. The van der Waals surface area contributed by atoms with Crippen LogP contribution < -0.4 is 0 Å². The van der Waals surface area contributed by atoms with E-state index >= 15 is 0 Å². The third kappa shape index (κ3) is 6.84. The fourth-order valence-corrected chi connectivity index (χ4v) is 4.78. The van der Waals surface area contributed by atoms with Crippen LogP contribution in [0.5, 0.6) is 0 Å². The topological polar surface area (TPSA) is 18.5 Å². The number of hydrogen-bond donors (Lipinski definition) is 0. The maximum atomic E-state index is 6.12. The first-order valence-corrected chi connectivity index (χ1v) is 10.9. The molecule has 1 fully saturated rings. The van der Waals surface area contributed by atoms with Gasteiger partial charge in [-0.1, -0.05) is 64.7 Å². The lowest BCUT2D eigenvalue weighted by Gasteiger charge is -2.45. The van der Waals surface area contributed by atoms with Gasteiger partial charge in [-0.05, 0) is 32.1 Å². The quantitative estimate of drug-likeness (QED) is 0.190. The Balaban J connectivity index is 2.65. The highest BCUT2D eigenvalue weighted by molar-refractivity contribution is 6.17. The summed E-state index contributed by atoms with van der Waals surface area (Å²) < 4.78 is 12.2. The standard InChI is InChI=1S/C21H41ClO2/c1-4-5-6-7-8-10-14-20(17-13-18-22)21(23-2,24-3)19-15-11-9-12-16-19/h19-20H,4-18H2,1-3H3. The SMILES string of the molecule is CCCCCCCCC(CCCCl)C(OC)(OC)C1CCCCC1. The van der Waals surface area contributed by atoms with Crippen LogP contribution in [-0.4, -0.2) is 25.9 Å². The highest BCUT2D eigenvalue weighted by Crippen LogP contribution is 2.43. The van der Waals surface area contributed by atoms with Gasteiger partial charge in [0.2, 0.25) is 0 Å². The molecule has 0 saturated heterocycles. The van der Waals surface area contributed by atoms with Gasteiger partial charge in [-0.15, -0.1) is 11.6 Å². The van der Waals surface area contributed by atoms with Crippen LogP contribution in [0.2, 0.25) is 0 Å². The minimum absolute atomic E-state index is 0.393. The Morgan fingerprint density at radius 3 is 2.04 bits per heavy atom. The third-order valence-electron chi connectivity index (χ3n) is 5.97. The number of alkyl halides is 1. The van der Waals surface area contributed by atoms with Gasteiger partial charge in [-0.2, -0.15) is 0 Å². The maximum Gasteiger partial charge on any atom is 0.173 e. The van der Waals surface area contributed by atoms with Crippen LogP contribution >= 0.6 is 11.6 Å². The van der Waals surface area contributed by atoms with Gasteiger partial charge in [-0.25, -0.2) is 0 Å². The molecular weight excluding hydrogens is 320 g/mol. The lowest BCUT2D eigenvalue weighted by molar-refractivity contribution is -0.278. The van der Waals surface area contributed by atoms with Gasteiger partial charge in [0, 0.05) is 31.9 Å². The lowest BCUT2D eigenvalue weighted by Crippen LogP contribution is -2.49. The molecule has 1 rings (SSSR count). The van der Waals surface area contributed by atoms with Gasteiger partial charge in [0.1, 0.15) is 0 Å². The van der Waals surface area contributed by atoms with E-state index in [-0.39, 0.29) is 0 Å². The first kappa shape index (κ1) is 22.3. The molecule has 0 aromatic carbocycles. The van der Waals surface area contributed by atoms with Gasteiger partial charge in [-0.3, -0.25) is 0 Å². The minimum atomic E-state index is -0.393. The zero-order chi connectivity index (χ0) is 17.7. The molecule has 1 aliphatic rings. The first-order chi connectivity index (χ1) is 11.7. The number of methoxy groups -OCH3 is 2. The number of rotatable bonds is 14. The summed E-state index contributed by atoms with van der Waals surface area (Å²) >= 11 is 6.00. The van der Waals surface area contributed by atoms with Crippen LogP contribution in [0.4, 0.5) is 0 Å². The summed E-state index contributed by atoms with van der Waals surface area (Å²) in [5, 5.41) is 0. The molecule has 144 valence electrons. The van der Waals surface area contributed by atoms with Gasteiger partial charge in [0.25, 0.3) is 0 Å². The largest absolute Gasteiger partial charge is 0.353 e. The summed E-state index contributed by atoms with van der Waals surface area (Å²) in [7, 11) is 3.71. The van der Waals surface area contributed by atoms with Crippen molar-refractivity contribution >= 4 is 11.6 Å². The Morgan fingerprint density at radius 2 is 1.46 bits per heavy atom. The summed E-state index contributed by atoms with van der Waals surface area (Å²) in [6, 6.07) is 0. The van der Waals surface area contributed by atoms with E-state index in [0.29, 0.717) is 11.8 Å². The minimum Gasteiger partial charge on any atom is -0.353 e. The van der Waals surface area contributed by atoms with Crippen molar-refractivity contribution in [3.63, 3.8) is 0 Å². The van der Waals surface area contributed by atoms with Crippen molar-refractivity contribution in [2.75, 3.05) is 20.1 Å². The van der Waals surface area contributed by atoms with Crippen LogP contribution in [-0.2, 0) is 9.47 Å². The smallest absolute Gasteiger partial charge is 0.173 e. The van der Waals surface area contributed by atoms with E-state index in [9.17, 15) is 0 Å². The highest BCUT2D eigenvalue weighted by atomic mass is 35.5. The fraction of sp³-hybridized carbons (Fsp3) is 1.00. The zero-order valence-corrected chi connectivity index (χ0v) is 17.2. The molecule has 24 heavy (non-hydrogen) atoms. The number of hydrogen-bond acceptors (Lipinski definition) is 2. The van der Waals surface area contributed by atoms with E-state index < -0.39 is 5.79 Å². The molecule has 0 spiro atoms. The molecule has 0 radical (unpaired) electrons. The Kier molecular flexibility index (Phi) is 12.4. The normalized spacial score (nSPS) is 18.0. The van der Waals surface area contributed by atoms with Gasteiger partial charge in [0.05, 0.1) is 0 Å². The van der Waals surface area contributed by atoms with Crippen molar-refractivity contribution in [2.24, 2.45) is 11.8 Å². The molecule has 0 aliphatic heterocycles. The van der Waals surface area contributed by atoms with Crippen molar-refractivity contribution < 1.29 is 9.47 Å². The molecule has 0 aromatic heterocycles. The van der Waals surface area contributed by atoms with E-state index in [1.807, 2.05) is 14.2 Å². The van der Waals surface area contributed by atoms with Gasteiger partial charge < -0.3 is 9.47 Å². The molecule has 3 heteroatoms. The molecule has 0 N–H and O–H groups in total. The van der Waals surface area contributed by atoms with Crippen molar-refractivity contribution in [1.29, 1.82) is 0 Å². The Labute approximate surface area is 156 Å². The van der Waals surface area contributed by atoms with E-state index in [2.05, 4.69) is 6.92 Å². The summed E-state index contributed by atoms with van der Waals surface area (Å²) in [6.45, 7) is 2.28. The molecule has 1 atom stereocenters. The van der Waals surface area contributed by atoms with Crippen molar-refractivity contribution in [1.82, 2.24) is 0 Å². The summed E-state index contributed by atoms with van der Waals surface area (Å²) in [4.78, 5) is 0. The van der Waals surface area contributed by atoms with Crippen LogP contribution in [0.1, 0.15) is 96.8 Å². The molecule has 0 bridgehead atoms. The predicted molar refractivity (Wildman–Crippen MR) is 105 cm³/mol. The maximum absolute atomic E-state index is 6.12.